The number of aromatic nitrogens is 1. The lowest BCUT2D eigenvalue weighted by atomic mass is 10.0. The molecule has 12 heteroatoms. The van der Waals surface area contributed by atoms with Gasteiger partial charge in [0.15, 0.2) is 23.0 Å². The van der Waals surface area contributed by atoms with Gasteiger partial charge in [-0.25, -0.2) is 0 Å². The van der Waals surface area contributed by atoms with Crippen LogP contribution in [-0.4, -0.2) is 70.2 Å². The molecule has 2 rings (SSSR count). The number of carbonyl (C=O) groups is 3. The highest BCUT2D eigenvalue weighted by Gasteiger charge is 2.20. The van der Waals surface area contributed by atoms with E-state index in [1.54, 1.807) is 0 Å². The molecule has 12 nitrogen and oxygen atoms in total. The number of nitrogens with one attached hydrogen (secondary N) is 3. The third-order valence-corrected chi connectivity index (χ3v) is 4.96. The molecule has 1 heterocycles. The van der Waals surface area contributed by atoms with E-state index in [2.05, 4.69) is 16.0 Å². The van der Waals surface area contributed by atoms with Crippen molar-refractivity contribution in [1.82, 2.24) is 20.5 Å². The number of hydrogen-bond acceptors (Lipinski definition) is 9. The van der Waals surface area contributed by atoms with Gasteiger partial charge >= 0.3 is 0 Å². The van der Waals surface area contributed by atoms with Crippen LogP contribution in [0.5, 0.6) is 17.2 Å². The average Bonchev–Trinajstić information content (AvgIpc) is 2.81. The lowest BCUT2D eigenvalue weighted by Gasteiger charge is -2.11. The Balaban J connectivity index is 1.75. The summed E-state index contributed by atoms with van der Waals surface area (Å²) in [6.07, 6.45) is 1.88. The first-order chi connectivity index (χ1) is 16.2. The van der Waals surface area contributed by atoms with Crippen molar-refractivity contribution < 1.29 is 29.7 Å². The molecule has 2 amide bonds. The fraction of sp³-hybridized carbons (Fsp3) is 0.364. The van der Waals surface area contributed by atoms with Crippen LogP contribution in [0.15, 0.2) is 29.2 Å². The minimum Gasteiger partial charge on any atom is -0.504 e. The molecular formula is C22H29N5O7. The predicted octanol–water partition coefficient (Wildman–Crippen LogP) is -0.827. The summed E-state index contributed by atoms with van der Waals surface area (Å²) in [6, 6.07) is 3.89. The van der Waals surface area contributed by atoms with Gasteiger partial charge in [0.2, 0.25) is 0 Å². The van der Waals surface area contributed by atoms with Gasteiger partial charge in [0.1, 0.15) is 0 Å². The summed E-state index contributed by atoms with van der Waals surface area (Å²) in [7, 11) is 1.46. The van der Waals surface area contributed by atoms with Gasteiger partial charge in [0, 0.05) is 45.8 Å². The first-order valence-corrected chi connectivity index (χ1v) is 10.6. The van der Waals surface area contributed by atoms with Crippen LogP contribution in [0.1, 0.15) is 43.9 Å². The van der Waals surface area contributed by atoms with E-state index in [0.29, 0.717) is 19.5 Å². The molecule has 184 valence electrons. The van der Waals surface area contributed by atoms with E-state index < -0.39 is 40.4 Å². The van der Waals surface area contributed by atoms with Crippen molar-refractivity contribution in [2.75, 3.05) is 32.7 Å². The van der Waals surface area contributed by atoms with Crippen molar-refractivity contribution in [2.24, 2.45) is 12.8 Å². The third kappa shape index (κ3) is 6.56. The normalized spacial score (nSPS) is 10.6. The Bertz CT molecular complexity index is 1110. The van der Waals surface area contributed by atoms with Crippen molar-refractivity contribution in [2.45, 2.75) is 12.8 Å². The fourth-order valence-electron chi connectivity index (χ4n) is 3.06. The van der Waals surface area contributed by atoms with E-state index >= 15 is 0 Å². The molecule has 0 saturated heterocycles. The summed E-state index contributed by atoms with van der Waals surface area (Å²) in [5.74, 6) is -3.54. The molecule has 2 aromatic rings. The quantitative estimate of drug-likeness (QED) is 0.116. The average molecular weight is 476 g/mol. The van der Waals surface area contributed by atoms with Gasteiger partial charge in [-0.2, -0.15) is 0 Å². The van der Waals surface area contributed by atoms with Gasteiger partial charge in [0.05, 0.1) is 16.7 Å². The number of nitrogens with zero attached hydrogens (tertiary/aromatic N) is 1. The van der Waals surface area contributed by atoms with E-state index in [1.165, 1.54) is 31.4 Å². The highest BCUT2D eigenvalue weighted by Crippen LogP contribution is 2.33. The molecule has 1 aromatic carbocycles. The molecular weight excluding hydrogens is 446 g/mol. The second-order valence-corrected chi connectivity index (χ2v) is 7.43. The molecule has 0 spiro atoms. The predicted molar refractivity (Wildman–Crippen MR) is 123 cm³/mol. The van der Waals surface area contributed by atoms with Crippen LogP contribution in [-0.2, 0) is 7.05 Å². The molecule has 0 unspecified atom stereocenters. The van der Waals surface area contributed by atoms with E-state index in [1.807, 2.05) is 0 Å². The molecule has 0 aliphatic heterocycles. The number of phenols is 2. The number of benzene rings is 1. The number of pyridine rings is 1. The van der Waals surface area contributed by atoms with E-state index in [0.717, 1.165) is 4.57 Å². The molecule has 0 aliphatic carbocycles. The molecule has 0 atom stereocenters. The maximum absolute atomic E-state index is 12.4. The van der Waals surface area contributed by atoms with Crippen LogP contribution in [0.4, 0.5) is 0 Å². The second kappa shape index (κ2) is 12.4. The third-order valence-electron chi connectivity index (χ3n) is 4.96. The highest BCUT2D eigenvalue weighted by molar-refractivity contribution is 6.03. The zero-order valence-corrected chi connectivity index (χ0v) is 18.8. The lowest BCUT2D eigenvalue weighted by Crippen LogP contribution is -2.33. The number of phenolic OH excluding ortho intramolecular Hbond substituents is 2. The topological polar surface area (TPSA) is 196 Å². The molecule has 1 aromatic heterocycles. The van der Waals surface area contributed by atoms with Crippen molar-refractivity contribution in [3.63, 3.8) is 0 Å². The van der Waals surface area contributed by atoms with Crippen LogP contribution in [0.2, 0.25) is 0 Å². The number of Topliss-reactive ketones (excluding diaryl/α,β-unsaturated/α-hetero) is 1. The largest absolute Gasteiger partial charge is 0.504 e. The summed E-state index contributed by atoms with van der Waals surface area (Å²) in [6.45, 7) is 1.46. The molecule has 0 radical (unpaired) electrons. The molecule has 34 heavy (non-hydrogen) atoms. The van der Waals surface area contributed by atoms with Crippen LogP contribution < -0.4 is 27.2 Å². The first kappa shape index (κ1) is 26.4. The summed E-state index contributed by atoms with van der Waals surface area (Å²) >= 11 is 0. The maximum atomic E-state index is 12.4. The van der Waals surface area contributed by atoms with Crippen molar-refractivity contribution in [3.8, 4) is 17.2 Å². The number of aryl methyl sites for hydroxylation is 1. The fourth-order valence-corrected chi connectivity index (χ4v) is 3.06. The molecule has 0 saturated carbocycles. The van der Waals surface area contributed by atoms with Crippen molar-refractivity contribution in [3.05, 3.63) is 51.4 Å². The zero-order valence-electron chi connectivity index (χ0n) is 18.8. The SMILES string of the molecule is Cn1ccc(C(=O)NCCNCCCC(=O)c2ccc(C(=O)NCCN)c(O)c2O)c(O)c1=O. The molecule has 0 fully saturated rings. The van der Waals surface area contributed by atoms with Crippen LogP contribution in [0.25, 0.3) is 0 Å². The van der Waals surface area contributed by atoms with E-state index in [-0.39, 0.29) is 42.7 Å². The smallest absolute Gasteiger partial charge is 0.293 e. The minimum atomic E-state index is -0.670. The van der Waals surface area contributed by atoms with E-state index in [9.17, 15) is 34.5 Å². The summed E-state index contributed by atoms with van der Waals surface area (Å²) in [4.78, 5) is 48.0. The minimum absolute atomic E-state index is 0.0757. The second-order valence-electron chi connectivity index (χ2n) is 7.43. The Morgan fingerprint density at radius 3 is 2.12 bits per heavy atom. The standard InChI is InChI=1S/C22H29N5O7/c1-27-12-6-15(19(31)22(27)34)21(33)26-11-10-24-8-2-3-16(28)13-4-5-14(18(30)17(13)29)20(32)25-9-7-23/h4-6,12,24,29-31H,2-3,7-11,23H2,1H3,(H,25,32)(H,26,33). The van der Waals surface area contributed by atoms with Gasteiger partial charge in [-0.3, -0.25) is 19.2 Å². The monoisotopic (exact) mass is 475 g/mol. The molecule has 0 aliphatic rings. The Morgan fingerprint density at radius 2 is 1.44 bits per heavy atom. The highest BCUT2D eigenvalue weighted by atomic mass is 16.3. The van der Waals surface area contributed by atoms with Crippen molar-refractivity contribution >= 4 is 17.6 Å². The number of ketones is 1. The number of hydrogen-bond donors (Lipinski definition) is 7. The summed E-state index contributed by atoms with van der Waals surface area (Å²) < 4.78 is 1.16. The zero-order chi connectivity index (χ0) is 25.3. The molecule has 0 bridgehead atoms. The van der Waals surface area contributed by atoms with Gasteiger partial charge in [-0.1, -0.05) is 0 Å². The van der Waals surface area contributed by atoms with Crippen LogP contribution >= 0.6 is 0 Å². The Hall–Kier alpha value is -3.90. The van der Waals surface area contributed by atoms with Crippen LogP contribution in [0, 0.1) is 0 Å². The van der Waals surface area contributed by atoms with E-state index in [4.69, 9.17) is 5.73 Å². The first-order valence-electron chi connectivity index (χ1n) is 10.6. The Kier molecular flexibility index (Phi) is 9.59. The van der Waals surface area contributed by atoms with Gasteiger partial charge < -0.3 is 41.6 Å². The van der Waals surface area contributed by atoms with Gasteiger partial charge in [-0.05, 0) is 31.2 Å². The number of rotatable bonds is 12. The number of amides is 2. The number of nitrogens with two attached hydrogens (primary N) is 1. The van der Waals surface area contributed by atoms with Gasteiger partial charge in [0.25, 0.3) is 17.4 Å². The van der Waals surface area contributed by atoms with Crippen LogP contribution in [0.3, 0.4) is 0 Å². The maximum Gasteiger partial charge on any atom is 0.293 e. The summed E-state index contributed by atoms with van der Waals surface area (Å²) in [5.41, 5.74) is 4.28. The van der Waals surface area contributed by atoms with Crippen molar-refractivity contribution in [1.29, 1.82) is 0 Å². The molecule has 8 N–H and O–H groups in total. The Morgan fingerprint density at radius 1 is 0.853 bits per heavy atom. The number of aromatic hydroxyl groups is 3. The number of carbonyl (C=O) groups excluding carboxylic acids is 3. The van der Waals surface area contributed by atoms with Gasteiger partial charge in [-0.15, -0.1) is 0 Å². The Labute approximate surface area is 195 Å². The lowest BCUT2D eigenvalue weighted by molar-refractivity contribution is 0.0941. The summed E-state index contributed by atoms with van der Waals surface area (Å²) in [5, 5.41) is 38.0.